The molecule has 0 unspecified atom stereocenters. The Hall–Kier alpha value is -1.18. The van der Waals surface area contributed by atoms with Crippen LogP contribution in [0.15, 0.2) is 29.4 Å². The average molecular weight is 148 g/mol. The number of benzene rings is 1. The molecule has 0 aromatic heterocycles. The van der Waals surface area contributed by atoms with E-state index in [4.69, 9.17) is 5.53 Å². The van der Waals surface area contributed by atoms with Crippen molar-refractivity contribution in [1.29, 1.82) is 5.53 Å². The molecule has 0 radical (unpaired) electrons. The third kappa shape index (κ3) is 2.15. The van der Waals surface area contributed by atoms with Gasteiger partial charge in [-0.1, -0.05) is 25.5 Å². The van der Waals surface area contributed by atoms with Gasteiger partial charge in [0.15, 0.2) is 0 Å². The van der Waals surface area contributed by atoms with Crippen LogP contribution < -0.4 is 0 Å². The molecule has 1 aromatic carbocycles. The third-order valence-electron chi connectivity index (χ3n) is 1.58. The van der Waals surface area contributed by atoms with Gasteiger partial charge in [0.1, 0.15) is 0 Å². The highest BCUT2D eigenvalue weighted by molar-refractivity contribution is 5.39. The molecule has 0 amide bonds. The Labute approximate surface area is 66.8 Å². The van der Waals surface area contributed by atoms with E-state index in [9.17, 15) is 0 Å². The fraction of sp³-hybridized carbons (Fsp3) is 0.333. The molecule has 0 fully saturated rings. The van der Waals surface area contributed by atoms with Gasteiger partial charge in [-0.25, -0.2) is 5.53 Å². The molecule has 2 heteroatoms. The normalized spacial score (nSPS) is 9.55. The van der Waals surface area contributed by atoms with E-state index in [-0.39, 0.29) is 0 Å². The van der Waals surface area contributed by atoms with Crippen LogP contribution in [0.4, 0.5) is 5.69 Å². The Bertz CT molecular complexity index is 243. The molecule has 11 heavy (non-hydrogen) atoms. The Balaban J connectivity index is 2.82. The summed E-state index contributed by atoms with van der Waals surface area (Å²) in [7, 11) is 0. The molecule has 0 atom stereocenters. The Morgan fingerprint density at radius 3 is 2.91 bits per heavy atom. The van der Waals surface area contributed by atoms with Crippen LogP contribution in [0.25, 0.3) is 0 Å². The molecule has 1 N–H and O–H groups in total. The van der Waals surface area contributed by atoms with Crippen LogP contribution >= 0.6 is 0 Å². The maximum Gasteiger partial charge on any atom is 0.0852 e. The SMILES string of the molecule is CCCc1cccc(N=N)c1. The number of nitrogens with one attached hydrogen (secondary N) is 1. The van der Waals surface area contributed by atoms with Gasteiger partial charge in [-0.3, -0.25) is 0 Å². The molecule has 58 valence electrons. The highest BCUT2D eigenvalue weighted by Crippen LogP contribution is 2.14. The van der Waals surface area contributed by atoms with Crippen molar-refractivity contribution in [2.24, 2.45) is 5.11 Å². The van der Waals surface area contributed by atoms with Gasteiger partial charge in [0.25, 0.3) is 0 Å². The van der Waals surface area contributed by atoms with Crippen molar-refractivity contribution in [3.05, 3.63) is 29.8 Å². The minimum absolute atomic E-state index is 0.746. The predicted molar refractivity (Wildman–Crippen MR) is 45.2 cm³/mol. The molecule has 0 aliphatic heterocycles. The van der Waals surface area contributed by atoms with Crippen LogP contribution in [0.5, 0.6) is 0 Å². The maximum absolute atomic E-state index is 6.80. The molecular weight excluding hydrogens is 136 g/mol. The topological polar surface area (TPSA) is 36.2 Å². The summed E-state index contributed by atoms with van der Waals surface area (Å²) in [5, 5.41) is 3.36. The van der Waals surface area contributed by atoms with Gasteiger partial charge >= 0.3 is 0 Å². The maximum atomic E-state index is 6.80. The van der Waals surface area contributed by atoms with Crippen LogP contribution in [0.1, 0.15) is 18.9 Å². The van der Waals surface area contributed by atoms with Crippen LogP contribution in [0, 0.1) is 5.53 Å². The molecule has 1 rings (SSSR count). The monoisotopic (exact) mass is 148 g/mol. The standard InChI is InChI=1S/C9H12N2/c1-2-4-8-5-3-6-9(7-8)11-10/h3,5-7,10H,2,4H2,1H3. The predicted octanol–water partition coefficient (Wildman–Crippen LogP) is 3.30. The van der Waals surface area contributed by atoms with E-state index in [1.165, 1.54) is 5.56 Å². The average Bonchev–Trinajstić information content (AvgIpc) is 2.06. The number of aryl methyl sites for hydroxylation is 1. The molecule has 0 saturated heterocycles. The van der Waals surface area contributed by atoms with Gasteiger partial charge in [-0.2, -0.15) is 5.11 Å². The first-order chi connectivity index (χ1) is 5.36. The van der Waals surface area contributed by atoms with E-state index in [1.54, 1.807) is 0 Å². The molecule has 2 nitrogen and oxygen atoms in total. The van der Waals surface area contributed by atoms with Crippen LogP contribution in [-0.2, 0) is 6.42 Å². The summed E-state index contributed by atoms with van der Waals surface area (Å²) in [4.78, 5) is 0. The number of rotatable bonds is 3. The molecule has 0 saturated carbocycles. The quantitative estimate of drug-likeness (QED) is 0.638. The van der Waals surface area contributed by atoms with Crippen molar-refractivity contribution in [1.82, 2.24) is 0 Å². The van der Waals surface area contributed by atoms with Gasteiger partial charge in [0, 0.05) is 0 Å². The zero-order valence-electron chi connectivity index (χ0n) is 6.67. The molecule has 1 aromatic rings. The lowest BCUT2D eigenvalue weighted by Crippen LogP contribution is -1.80. The van der Waals surface area contributed by atoms with E-state index in [0.717, 1.165) is 18.5 Å². The second-order valence-corrected chi connectivity index (χ2v) is 2.53. The van der Waals surface area contributed by atoms with Gasteiger partial charge < -0.3 is 0 Å². The first kappa shape index (κ1) is 7.92. The molecular formula is C9H12N2. The van der Waals surface area contributed by atoms with E-state index < -0.39 is 0 Å². The Morgan fingerprint density at radius 2 is 2.27 bits per heavy atom. The fourth-order valence-electron chi connectivity index (χ4n) is 1.07. The summed E-state index contributed by atoms with van der Waals surface area (Å²) in [6.45, 7) is 2.14. The third-order valence-corrected chi connectivity index (χ3v) is 1.58. The first-order valence-corrected chi connectivity index (χ1v) is 3.83. The molecule has 0 aliphatic rings. The zero-order valence-corrected chi connectivity index (χ0v) is 6.67. The number of nitrogens with zero attached hydrogens (tertiary/aromatic N) is 1. The van der Waals surface area contributed by atoms with Gasteiger partial charge in [0.05, 0.1) is 5.69 Å². The zero-order chi connectivity index (χ0) is 8.10. The van der Waals surface area contributed by atoms with Crippen LogP contribution in [0.3, 0.4) is 0 Å². The van der Waals surface area contributed by atoms with Crippen molar-refractivity contribution in [3.8, 4) is 0 Å². The van der Waals surface area contributed by atoms with Crippen molar-refractivity contribution in [2.75, 3.05) is 0 Å². The summed E-state index contributed by atoms with van der Waals surface area (Å²) >= 11 is 0. The highest BCUT2D eigenvalue weighted by atomic mass is 15.0. The van der Waals surface area contributed by atoms with E-state index in [1.807, 2.05) is 18.2 Å². The lowest BCUT2D eigenvalue weighted by molar-refractivity contribution is 0.921. The van der Waals surface area contributed by atoms with Crippen molar-refractivity contribution >= 4 is 5.69 Å². The van der Waals surface area contributed by atoms with Gasteiger partial charge in [-0.15, -0.1) is 0 Å². The second kappa shape index (κ2) is 3.86. The van der Waals surface area contributed by atoms with Crippen LogP contribution in [0.2, 0.25) is 0 Å². The van der Waals surface area contributed by atoms with Crippen molar-refractivity contribution < 1.29 is 0 Å². The molecule has 0 bridgehead atoms. The summed E-state index contributed by atoms with van der Waals surface area (Å²) in [6.07, 6.45) is 2.21. The van der Waals surface area contributed by atoms with E-state index in [0.29, 0.717) is 0 Å². The van der Waals surface area contributed by atoms with E-state index >= 15 is 0 Å². The Kier molecular flexibility index (Phi) is 2.78. The minimum Gasteiger partial charge on any atom is -0.204 e. The lowest BCUT2D eigenvalue weighted by atomic mass is 10.1. The fourth-order valence-corrected chi connectivity index (χ4v) is 1.07. The second-order valence-electron chi connectivity index (χ2n) is 2.53. The molecule has 0 heterocycles. The summed E-state index contributed by atoms with van der Waals surface area (Å²) in [5.74, 6) is 0. The summed E-state index contributed by atoms with van der Waals surface area (Å²) in [6, 6.07) is 7.80. The smallest absolute Gasteiger partial charge is 0.0852 e. The Morgan fingerprint density at radius 1 is 1.45 bits per heavy atom. The lowest BCUT2D eigenvalue weighted by Gasteiger charge is -1.97. The molecule has 0 spiro atoms. The van der Waals surface area contributed by atoms with Crippen molar-refractivity contribution in [2.45, 2.75) is 19.8 Å². The van der Waals surface area contributed by atoms with Crippen LogP contribution in [-0.4, -0.2) is 0 Å². The first-order valence-electron chi connectivity index (χ1n) is 3.83. The van der Waals surface area contributed by atoms with Gasteiger partial charge in [-0.05, 0) is 24.1 Å². The molecule has 0 aliphatic carbocycles. The number of hydrogen-bond acceptors (Lipinski definition) is 2. The summed E-state index contributed by atoms with van der Waals surface area (Å²) < 4.78 is 0. The van der Waals surface area contributed by atoms with Gasteiger partial charge in [0.2, 0.25) is 0 Å². The van der Waals surface area contributed by atoms with Crippen molar-refractivity contribution in [3.63, 3.8) is 0 Å². The highest BCUT2D eigenvalue weighted by Gasteiger charge is 1.91. The summed E-state index contributed by atoms with van der Waals surface area (Å²) in [5.41, 5.74) is 8.81. The van der Waals surface area contributed by atoms with E-state index in [2.05, 4.69) is 18.1 Å². The number of hydrogen-bond donors (Lipinski definition) is 1. The largest absolute Gasteiger partial charge is 0.204 e. The minimum atomic E-state index is 0.746.